The molecule has 1 unspecified atom stereocenters. The summed E-state index contributed by atoms with van der Waals surface area (Å²) in [5.41, 5.74) is -1.20. The lowest BCUT2D eigenvalue weighted by Crippen LogP contribution is -2.33. The van der Waals surface area contributed by atoms with Crippen LogP contribution in [0.15, 0.2) is 31.9 Å². The molecule has 0 aliphatic carbocycles. The monoisotopic (exact) mass is 330 g/mol. The number of thiophene rings is 1. The van der Waals surface area contributed by atoms with Crippen LogP contribution in [0.2, 0.25) is 0 Å². The molecular weight excluding hydrogens is 320 g/mol. The molecular formula is C14H10N4O4S. The molecule has 0 fully saturated rings. The first kappa shape index (κ1) is 13.7. The Kier molecular flexibility index (Phi) is 2.85. The molecule has 9 heteroatoms. The third-order valence-corrected chi connectivity index (χ3v) is 4.52. The summed E-state index contributed by atoms with van der Waals surface area (Å²) < 4.78 is 5.53. The lowest BCUT2D eigenvalue weighted by molar-refractivity contribution is 0.406. The van der Waals surface area contributed by atoms with Gasteiger partial charge in [-0.25, -0.2) is 4.79 Å². The molecule has 0 saturated carbocycles. The summed E-state index contributed by atoms with van der Waals surface area (Å²) in [5.74, 6) is -0.152. The van der Waals surface area contributed by atoms with Crippen molar-refractivity contribution in [3.63, 3.8) is 0 Å². The Labute approximate surface area is 131 Å². The van der Waals surface area contributed by atoms with Gasteiger partial charge in [0.2, 0.25) is 11.8 Å². The molecule has 1 aliphatic heterocycles. The Morgan fingerprint density at radius 3 is 2.65 bits per heavy atom. The van der Waals surface area contributed by atoms with Crippen LogP contribution >= 0.6 is 11.3 Å². The van der Waals surface area contributed by atoms with Gasteiger partial charge in [0.05, 0.1) is 17.0 Å². The van der Waals surface area contributed by atoms with Gasteiger partial charge in [-0.2, -0.15) is 4.98 Å². The van der Waals surface area contributed by atoms with Gasteiger partial charge in [-0.05, 0) is 18.4 Å². The maximum absolute atomic E-state index is 12.4. The third kappa shape index (κ3) is 2.05. The average Bonchev–Trinajstić information content (AvgIpc) is 2.98. The Morgan fingerprint density at radius 2 is 1.91 bits per heavy atom. The van der Waals surface area contributed by atoms with Gasteiger partial charge >= 0.3 is 5.69 Å². The van der Waals surface area contributed by atoms with Gasteiger partial charge in [-0.3, -0.25) is 19.6 Å². The van der Waals surface area contributed by atoms with Gasteiger partial charge in [0, 0.05) is 4.88 Å². The Morgan fingerprint density at radius 1 is 1.13 bits per heavy atom. The van der Waals surface area contributed by atoms with E-state index in [2.05, 4.69) is 19.9 Å². The van der Waals surface area contributed by atoms with Crippen molar-refractivity contribution in [2.24, 2.45) is 0 Å². The number of aromatic nitrogens is 4. The second kappa shape index (κ2) is 4.78. The maximum atomic E-state index is 12.4. The molecule has 0 saturated heterocycles. The first-order chi connectivity index (χ1) is 11.0. The molecule has 0 spiro atoms. The fourth-order valence-corrected chi connectivity index (χ4v) is 3.54. The van der Waals surface area contributed by atoms with Crippen molar-refractivity contribution in [1.82, 2.24) is 19.9 Å². The highest BCUT2D eigenvalue weighted by molar-refractivity contribution is 7.10. The molecule has 0 aromatic carbocycles. The minimum absolute atomic E-state index is 0.0159. The second-order valence-electron chi connectivity index (χ2n) is 5.07. The van der Waals surface area contributed by atoms with Crippen LogP contribution < -0.4 is 21.5 Å². The quantitative estimate of drug-likeness (QED) is 0.477. The predicted molar refractivity (Wildman–Crippen MR) is 82.6 cm³/mol. The highest BCUT2D eigenvalue weighted by Crippen LogP contribution is 2.42. The van der Waals surface area contributed by atoms with E-state index in [1.54, 1.807) is 6.92 Å². The summed E-state index contributed by atoms with van der Waals surface area (Å²) in [6.07, 6.45) is 0. The number of H-pyrrole nitrogens is 3. The number of ether oxygens (including phenoxy) is 1. The topological polar surface area (TPSA) is 121 Å². The van der Waals surface area contributed by atoms with Crippen molar-refractivity contribution >= 4 is 11.3 Å². The second-order valence-corrected chi connectivity index (χ2v) is 6.05. The van der Waals surface area contributed by atoms with Crippen molar-refractivity contribution < 1.29 is 4.74 Å². The first-order valence-electron chi connectivity index (χ1n) is 6.73. The molecule has 0 radical (unpaired) electrons. The number of hydrogen-bond acceptors (Lipinski definition) is 6. The molecule has 3 aromatic rings. The Bertz CT molecular complexity index is 1080. The molecule has 3 aromatic heterocycles. The number of nitrogens with one attached hydrogen (secondary N) is 3. The Hall–Kier alpha value is -2.94. The van der Waals surface area contributed by atoms with E-state index >= 15 is 0 Å². The van der Waals surface area contributed by atoms with Gasteiger partial charge < -0.3 is 9.72 Å². The largest absolute Gasteiger partial charge is 0.421 e. The minimum atomic E-state index is -0.677. The maximum Gasteiger partial charge on any atom is 0.328 e. The summed E-state index contributed by atoms with van der Waals surface area (Å²) in [4.78, 5) is 48.5. The minimum Gasteiger partial charge on any atom is -0.421 e. The van der Waals surface area contributed by atoms with E-state index in [1.807, 2.05) is 17.5 Å². The smallest absolute Gasteiger partial charge is 0.328 e. The standard InChI is InChI=1S/C14H10N4O4S/c1-5-15-10(19)8-7(6-3-2-4-23-6)9-11(20)17-14(21)18-13(9)22-12(8)16-5/h2-4,7H,1H3,(H,15,16,19)(H2,17,18,20,21). The highest BCUT2D eigenvalue weighted by Gasteiger charge is 2.36. The molecule has 116 valence electrons. The van der Waals surface area contributed by atoms with Crippen LogP contribution in [-0.4, -0.2) is 19.9 Å². The third-order valence-electron chi connectivity index (χ3n) is 3.59. The SMILES string of the molecule is Cc1nc2c(c(=O)[nH]1)C(c1cccs1)c1c([nH]c(=O)[nH]c1=O)O2. The van der Waals surface area contributed by atoms with Gasteiger partial charge in [0.15, 0.2) is 0 Å². The molecule has 4 rings (SSSR count). The zero-order valence-corrected chi connectivity index (χ0v) is 12.6. The molecule has 3 N–H and O–H groups in total. The van der Waals surface area contributed by atoms with Gasteiger partial charge in [-0.1, -0.05) is 6.07 Å². The zero-order chi connectivity index (χ0) is 16.1. The van der Waals surface area contributed by atoms with Crippen LogP contribution in [0, 0.1) is 6.92 Å². The number of hydrogen-bond donors (Lipinski definition) is 3. The van der Waals surface area contributed by atoms with Crippen LogP contribution in [0.1, 0.15) is 27.7 Å². The molecule has 23 heavy (non-hydrogen) atoms. The molecule has 1 aliphatic rings. The van der Waals surface area contributed by atoms with Crippen LogP contribution in [-0.2, 0) is 0 Å². The number of aromatic amines is 3. The van der Waals surface area contributed by atoms with E-state index in [9.17, 15) is 14.4 Å². The van der Waals surface area contributed by atoms with Gasteiger partial charge in [0.1, 0.15) is 5.82 Å². The number of rotatable bonds is 1. The fourth-order valence-electron chi connectivity index (χ4n) is 2.70. The lowest BCUT2D eigenvalue weighted by Gasteiger charge is -2.24. The highest BCUT2D eigenvalue weighted by atomic mass is 32.1. The van der Waals surface area contributed by atoms with E-state index in [-0.39, 0.29) is 28.4 Å². The summed E-state index contributed by atoms with van der Waals surface area (Å²) in [6.45, 7) is 1.63. The molecule has 8 nitrogen and oxygen atoms in total. The van der Waals surface area contributed by atoms with E-state index in [0.717, 1.165) is 4.88 Å². The molecule has 0 bridgehead atoms. The van der Waals surface area contributed by atoms with Crippen molar-refractivity contribution in [3.05, 3.63) is 70.5 Å². The van der Waals surface area contributed by atoms with Crippen LogP contribution in [0.25, 0.3) is 0 Å². The first-order valence-corrected chi connectivity index (χ1v) is 7.61. The van der Waals surface area contributed by atoms with Crippen LogP contribution in [0.3, 0.4) is 0 Å². The summed E-state index contributed by atoms with van der Waals surface area (Å²) in [7, 11) is 0. The van der Waals surface area contributed by atoms with E-state index < -0.39 is 17.2 Å². The molecule has 4 heterocycles. The zero-order valence-electron chi connectivity index (χ0n) is 11.8. The van der Waals surface area contributed by atoms with Crippen molar-refractivity contribution in [1.29, 1.82) is 0 Å². The number of nitrogens with zero attached hydrogens (tertiary/aromatic N) is 1. The normalized spacial score (nSPS) is 15.6. The Balaban J connectivity index is 2.12. The summed E-state index contributed by atoms with van der Waals surface area (Å²) in [5, 5.41) is 1.85. The van der Waals surface area contributed by atoms with Crippen LogP contribution in [0.5, 0.6) is 11.8 Å². The molecule has 0 amide bonds. The van der Waals surface area contributed by atoms with Gasteiger partial charge in [-0.15, -0.1) is 11.3 Å². The van der Waals surface area contributed by atoms with Crippen molar-refractivity contribution in [2.45, 2.75) is 12.8 Å². The van der Waals surface area contributed by atoms with Crippen molar-refractivity contribution in [2.75, 3.05) is 0 Å². The average molecular weight is 330 g/mol. The lowest BCUT2D eigenvalue weighted by atomic mass is 9.91. The van der Waals surface area contributed by atoms with E-state index in [0.29, 0.717) is 5.82 Å². The van der Waals surface area contributed by atoms with Crippen molar-refractivity contribution in [3.8, 4) is 11.8 Å². The number of aryl methyl sites for hydroxylation is 1. The number of fused-ring (bicyclic) bond motifs is 2. The molecule has 1 atom stereocenters. The van der Waals surface area contributed by atoms with E-state index in [4.69, 9.17) is 4.74 Å². The fraction of sp³-hybridized carbons (Fsp3) is 0.143. The van der Waals surface area contributed by atoms with E-state index in [1.165, 1.54) is 11.3 Å². The van der Waals surface area contributed by atoms with Crippen LogP contribution in [0.4, 0.5) is 0 Å². The summed E-state index contributed by atoms with van der Waals surface area (Å²) in [6, 6.07) is 3.64. The summed E-state index contributed by atoms with van der Waals surface area (Å²) >= 11 is 1.40. The predicted octanol–water partition coefficient (Wildman–Crippen LogP) is 0.802. The van der Waals surface area contributed by atoms with Gasteiger partial charge in [0.25, 0.3) is 11.1 Å².